The van der Waals surface area contributed by atoms with E-state index in [0.717, 1.165) is 11.0 Å². The fraction of sp³-hybridized carbons (Fsp3) is 0.312. The second kappa shape index (κ2) is 7.52. The van der Waals surface area contributed by atoms with E-state index in [2.05, 4.69) is 40.1 Å². The average Bonchev–Trinajstić information content (AvgIpc) is 2.45. The van der Waals surface area contributed by atoms with Crippen molar-refractivity contribution < 1.29 is 9.13 Å². The van der Waals surface area contributed by atoms with Crippen LogP contribution in [-0.4, -0.2) is 11.5 Å². The molecule has 0 spiro atoms. The molecule has 5 heteroatoms. The molecule has 0 saturated carbocycles. The molecule has 3 nitrogen and oxygen atoms in total. The monoisotopic (exact) mass is 352 g/mol. The lowest BCUT2D eigenvalue weighted by Gasteiger charge is -2.11. The van der Waals surface area contributed by atoms with E-state index in [1.807, 2.05) is 12.1 Å². The molecule has 0 radical (unpaired) electrons. The Morgan fingerprint density at radius 1 is 1.24 bits per heavy atom. The van der Waals surface area contributed by atoms with Crippen LogP contribution in [0.15, 0.2) is 41.0 Å². The van der Waals surface area contributed by atoms with Crippen LogP contribution in [0.3, 0.4) is 0 Å². The number of ether oxygens (including phenoxy) is 1. The summed E-state index contributed by atoms with van der Waals surface area (Å²) >= 11 is 3.34. The Morgan fingerprint density at radius 2 is 1.95 bits per heavy atom. The number of benzene rings is 1. The van der Waals surface area contributed by atoms with Gasteiger partial charge in [-0.1, -0.05) is 29.8 Å². The number of hydrogen-bond donors (Lipinski definition) is 1. The SMILES string of the molecule is CC(C)CNCc1ccnc(Oc2ccc(Br)cc2)c1F. The lowest BCUT2D eigenvalue weighted by Crippen LogP contribution is -2.19. The maximum Gasteiger partial charge on any atom is 0.256 e. The number of nitrogens with one attached hydrogen (secondary N) is 1. The second-order valence-corrected chi connectivity index (χ2v) is 6.09. The highest BCUT2D eigenvalue weighted by Gasteiger charge is 2.11. The average molecular weight is 353 g/mol. The zero-order chi connectivity index (χ0) is 15.2. The highest BCUT2D eigenvalue weighted by molar-refractivity contribution is 9.10. The summed E-state index contributed by atoms with van der Waals surface area (Å²) in [4.78, 5) is 3.96. The van der Waals surface area contributed by atoms with Crippen LogP contribution in [0.4, 0.5) is 4.39 Å². The van der Waals surface area contributed by atoms with Crippen LogP contribution in [-0.2, 0) is 6.54 Å². The van der Waals surface area contributed by atoms with Gasteiger partial charge in [0.25, 0.3) is 5.88 Å². The van der Waals surface area contributed by atoms with Gasteiger partial charge in [0.1, 0.15) is 5.75 Å². The first-order chi connectivity index (χ1) is 10.1. The molecule has 0 aliphatic rings. The number of halogens is 2. The third-order valence-corrected chi connectivity index (χ3v) is 3.36. The quantitative estimate of drug-likeness (QED) is 0.829. The molecule has 0 bridgehead atoms. The molecule has 0 atom stereocenters. The summed E-state index contributed by atoms with van der Waals surface area (Å²) in [5.41, 5.74) is 0.553. The van der Waals surface area contributed by atoms with Gasteiger partial charge < -0.3 is 10.1 Å². The van der Waals surface area contributed by atoms with Crippen LogP contribution in [0, 0.1) is 11.7 Å². The Kier molecular flexibility index (Phi) is 5.70. The number of aromatic nitrogens is 1. The van der Waals surface area contributed by atoms with Gasteiger partial charge >= 0.3 is 0 Å². The topological polar surface area (TPSA) is 34.2 Å². The van der Waals surface area contributed by atoms with E-state index < -0.39 is 5.82 Å². The standard InChI is InChI=1S/C16H18BrFN2O/c1-11(2)9-19-10-12-7-8-20-16(15(12)18)21-14-5-3-13(17)4-6-14/h3-8,11,19H,9-10H2,1-2H3. The van der Waals surface area contributed by atoms with Crippen molar-refractivity contribution in [3.05, 3.63) is 52.4 Å². The van der Waals surface area contributed by atoms with Gasteiger partial charge in [-0.15, -0.1) is 0 Å². The Hall–Kier alpha value is -1.46. The van der Waals surface area contributed by atoms with Gasteiger partial charge in [-0.25, -0.2) is 9.37 Å². The van der Waals surface area contributed by atoms with Crippen molar-refractivity contribution in [1.29, 1.82) is 0 Å². The van der Waals surface area contributed by atoms with Gasteiger partial charge in [0.15, 0.2) is 5.82 Å². The molecule has 1 N–H and O–H groups in total. The van der Waals surface area contributed by atoms with Gasteiger partial charge in [0.2, 0.25) is 0 Å². The van der Waals surface area contributed by atoms with Crippen LogP contribution in [0.2, 0.25) is 0 Å². The predicted octanol–water partition coefficient (Wildman–Crippen LogP) is 4.52. The number of nitrogens with zero attached hydrogens (tertiary/aromatic N) is 1. The van der Waals surface area contributed by atoms with E-state index in [0.29, 0.717) is 23.8 Å². The summed E-state index contributed by atoms with van der Waals surface area (Å²) in [6.07, 6.45) is 1.56. The molecule has 0 amide bonds. The third kappa shape index (κ3) is 4.79. The summed E-state index contributed by atoms with van der Waals surface area (Å²) in [5.74, 6) is 0.656. The molecule has 0 saturated heterocycles. The molecule has 0 fully saturated rings. The number of hydrogen-bond acceptors (Lipinski definition) is 3. The number of rotatable bonds is 6. The second-order valence-electron chi connectivity index (χ2n) is 5.17. The van der Waals surface area contributed by atoms with Crippen LogP contribution < -0.4 is 10.1 Å². The number of pyridine rings is 1. The molecule has 2 rings (SSSR count). The lowest BCUT2D eigenvalue weighted by atomic mass is 10.2. The highest BCUT2D eigenvalue weighted by atomic mass is 79.9. The van der Waals surface area contributed by atoms with Gasteiger partial charge in [0, 0.05) is 22.8 Å². The van der Waals surface area contributed by atoms with Crippen molar-refractivity contribution >= 4 is 15.9 Å². The van der Waals surface area contributed by atoms with E-state index in [1.165, 1.54) is 0 Å². The Bertz CT molecular complexity index is 587. The minimum Gasteiger partial charge on any atom is -0.436 e. The smallest absolute Gasteiger partial charge is 0.256 e. The Morgan fingerprint density at radius 3 is 2.62 bits per heavy atom. The first-order valence-electron chi connectivity index (χ1n) is 6.84. The maximum atomic E-state index is 14.3. The van der Waals surface area contributed by atoms with Crippen LogP contribution in [0.5, 0.6) is 11.6 Å². The van der Waals surface area contributed by atoms with Crippen molar-refractivity contribution in [3.63, 3.8) is 0 Å². The van der Waals surface area contributed by atoms with E-state index in [1.54, 1.807) is 24.4 Å². The maximum absolute atomic E-state index is 14.3. The Balaban J connectivity index is 2.08. The van der Waals surface area contributed by atoms with E-state index in [-0.39, 0.29) is 5.88 Å². The van der Waals surface area contributed by atoms with Crippen LogP contribution in [0.25, 0.3) is 0 Å². The molecule has 1 aromatic heterocycles. The summed E-state index contributed by atoms with van der Waals surface area (Å²) in [6.45, 7) is 5.52. The first-order valence-corrected chi connectivity index (χ1v) is 7.63. The molecule has 1 heterocycles. The minimum atomic E-state index is -0.420. The van der Waals surface area contributed by atoms with Crippen LogP contribution in [0.1, 0.15) is 19.4 Å². The van der Waals surface area contributed by atoms with Crippen molar-refractivity contribution in [2.24, 2.45) is 5.92 Å². The summed E-state index contributed by atoms with van der Waals surface area (Å²) in [5, 5.41) is 3.21. The summed E-state index contributed by atoms with van der Waals surface area (Å²) < 4.78 is 20.8. The third-order valence-electron chi connectivity index (χ3n) is 2.83. The summed E-state index contributed by atoms with van der Waals surface area (Å²) in [6, 6.07) is 8.85. The predicted molar refractivity (Wildman–Crippen MR) is 85.0 cm³/mol. The molecule has 0 aliphatic heterocycles. The zero-order valence-corrected chi connectivity index (χ0v) is 13.7. The van der Waals surface area contributed by atoms with Crippen LogP contribution >= 0.6 is 15.9 Å². The van der Waals surface area contributed by atoms with Crippen molar-refractivity contribution in [3.8, 4) is 11.6 Å². The fourth-order valence-electron chi connectivity index (χ4n) is 1.78. The molecule has 0 unspecified atom stereocenters. The fourth-order valence-corrected chi connectivity index (χ4v) is 2.04. The molecule has 21 heavy (non-hydrogen) atoms. The molecular weight excluding hydrogens is 335 g/mol. The van der Waals surface area contributed by atoms with E-state index >= 15 is 0 Å². The first kappa shape index (κ1) is 15.9. The largest absolute Gasteiger partial charge is 0.436 e. The highest BCUT2D eigenvalue weighted by Crippen LogP contribution is 2.25. The van der Waals surface area contributed by atoms with E-state index in [4.69, 9.17) is 4.74 Å². The molecular formula is C16H18BrFN2O. The lowest BCUT2D eigenvalue weighted by molar-refractivity contribution is 0.416. The normalized spacial score (nSPS) is 10.9. The molecule has 2 aromatic rings. The van der Waals surface area contributed by atoms with Gasteiger partial charge in [0.05, 0.1) is 0 Å². The molecule has 112 valence electrons. The van der Waals surface area contributed by atoms with Gasteiger partial charge in [-0.2, -0.15) is 0 Å². The van der Waals surface area contributed by atoms with Gasteiger partial charge in [-0.05, 0) is 42.8 Å². The van der Waals surface area contributed by atoms with Crippen molar-refractivity contribution in [2.45, 2.75) is 20.4 Å². The minimum absolute atomic E-state index is 0.00108. The van der Waals surface area contributed by atoms with E-state index in [9.17, 15) is 4.39 Å². The summed E-state index contributed by atoms with van der Waals surface area (Å²) in [7, 11) is 0. The molecule has 0 aliphatic carbocycles. The van der Waals surface area contributed by atoms with Gasteiger partial charge in [-0.3, -0.25) is 0 Å². The van der Waals surface area contributed by atoms with Crippen molar-refractivity contribution in [2.75, 3.05) is 6.54 Å². The Labute approximate surface area is 132 Å². The zero-order valence-electron chi connectivity index (χ0n) is 12.1. The molecule has 1 aromatic carbocycles. The van der Waals surface area contributed by atoms with Crippen molar-refractivity contribution in [1.82, 2.24) is 10.3 Å².